The molecular formula is C15H6F3NO4. The fourth-order valence-corrected chi connectivity index (χ4v) is 2.09. The Morgan fingerprint density at radius 1 is 0.870 bits per heavy atom. The lowest BCUT2D eigenvalue weighted by Gasteiger charge is -2.13. The molecule has 116 valence electrons. The van der Waals surface area contributed by atoms with E-state index in [1.54, 1.807) is 0 Å². The van der Waals surface area contributed by atoms with Crippen LogP contribution in [0.2, 0.25) is 0 Å². The molecule has 1 aliphatic heterocycles. The molecule has 0 N–H and O–H groups in total. The molecule has 23 heavy (non-hydrogen) atoms. The first-order valence-corrected chi connectivity index (χ1v) is 6.25. The van der Waals surface area contributed by atoms with Crippen LogP contribution >= 0.6 is 0 Å². The van der Waals surface area contributed by atoms with Gasteiger partial charge in [-0.1, -0.05) is 17.2 Å². The Hall–Kier alpha value is -3.16. The summed E-state index contributed by atoms with van der Waals surface area (Å²) in [5, 5.41) is 0.0801. The van der Waals surface area contributed by atoms with E-state index >= 15 is 0 Å². The number of hydrogen-bond donors (Lipinski definition) is 0. The molecule has 0 unspecified atom stereocenters. The molecule has 2 aromatic carbocycles. The van der Waals surface area contributed by atoms with E-state index in [9.17, 15) is 27.6 Å². The maximum atomic E-state index is 13.5. The summed E-state index contributed by atoms with van der Waals surface area (Å²) in [6, 6.07) is 6.64. The van der Waals surface area contributed by atoms with Gasteiger partial charge in [0, 0.05) is 0 Å². The van der Waals surface area contributed by atoms with Crippen LogP contribution < -0.4 is 0 Å². The Bertz CT molecular complexity index is 831. The third-order valence-corrected chi connectivity index (χ3v) is 3.18. The number of hydrogen-bond acceptors (Lipinski definition) is 4. The van der Waals surface area contributed by atoms with E-state index in [1.807, 2.05) is 0 Å². The number of rotatable bonds is 2. The third-order valence-electron chi connectivity index (χ3n) is 3.18. The van der Waals surface area contributed by atoms with Gasteiger partial charge in [-0.05, 0) is 24.3 Å². The molecular weight excluding hydrogens is 315 g/mol. The summed E-state index contributed by atoms with van der Waals surface area (Å²) >= 11 is 0. The van der Waals surface area contributed by atoms with Crippen LogP contribution in [-0.2, 0) is 4.84 Å². The minimum atomic E-state index is -1.77. The standard InChI is InChI=1S/C15H6F3NO4/c16-9-5-6-10(17)12(18)11(9)15(22)23-19-13(20)7-3-1-2-4-8(7)14(19)21/h1-6H. The molecule has 0 bridgehead atoms. The van der Waals surface area contributed by atoms with E-state index in [-0.39, 0.29) is 16.2 Å². The highest BCUT2D eigenvalue weighted by atomic mass is 19.2. The molecule has 0 saturated heterocycles. The van der Waals surface area contributed by atoms with Gasteiger partial charge >= 0.3 is 5.97 Å². The summed E-state index contributed by atoms with van der Waals surface area (Å²) in [5.74, 6) is -8.25. The summed E-state index contributed by atoms with van der Waals surface area (Å²) in [4.78, 5) is 40.2. The van der Waals surface area contributed by atoms with Crippen molar-refractivity contribution in [3.63, 3.8) is 0 Å². The van der Waals surface area contributed by atoms with E-state index in [0.29, 0.717) is 12.1 Å². The van der Waals surface area contributed by atoms with E-state index in [4.69, 9.17) is 0 Å². The van der Waals surface area contributed by atoms with Crippen LogP contribution in [0.25, 0.3) is 0 Å². The molecule has 0 saturated carbocycles. The zero-order valence-electron chi connectivity index (χ0n) is 11.2. The number of fused-ring (bicyclic) bond motifs is 1. The Morgan fingerprint density at radius 3 is 1.96 bits per heavy atom. The Balaban J connectivity index is 1.93. The van der Waals surface area contributed by atoms with Crippen LogP contribution in [0, 0.1) is 17.5 Å². The SMILES string of the molecule is O=C(ON1C(=O)c2ccccc2C1=O)c1c(F)ccc(F)c1F. The number of hydroxylamine groups is 2. The molecule has 2 aromatic rings. The zero-order chi connectivity index (χ0) is 16.7. The molecule has 2 amide bonds. The molecule has 8 heteroatoms. The maximum absolute atomic E-state index is 13.5. The lowest BCUT2D eigenvalue weighted by Crippen LogP contribution is -2.33. The van der Waals surface area contributed by atoms with Crippen LogP contribution in [0.1, 0.15) is 31.1 Å². The van der Waals surface area contributed by atoms with Crippen LogP contribution in [0.15, 0.2) is 36.4 Å². The molecule has 1 aliphatic rings. The molecule has 0 aromatic heterocycles. The Kier molecular flexibility index (Phi) is 3.36. The van der Waals surface area contributed by atoms with Crippen LogP contribution in [0.5, 0.6) is 0 Å². The second-order valence-corrected chi connectivity index (χ2v) is 4.55. The van der Waals surface area contributed by atoms with Crippen molar-refractivity contribution in [2.24, 2.45) is 0 Å². The minimum absolute atomic E-state index is 0.0227. The topological polar surface area (TPSA) is 63.7 Å². The van der Waals surface area contributed by atoms with Gasteiger partial charge in [-0.25, -0.2) is 18.0 Å². The van der Waals surface area contributed by atoms with Crippen molar-refractivity contribution >= 4 is 17.8 Å². The van der Waals surface area contributed by atoms with Gasteiger partial charge in [0.1, 0.15) is 11.4 Å². The molecule has 1 heterocycles. The van der Waals surface area contributed by atoms with Gasteiger partial charge in [0.05, 0.1) is 11.1 Å². The number of benzene rings is 2. The summed E-state index contributed by atoms with van der Waals surface area (Å²) < 4.78 is 40.2. The second-order valence-electron chi connectivity index (χ2n) is 4.55. The fourth-order valence-electron chi connectivity index (χ4n) is 2.09. The van der Waals surface area contributed by atoms with Crippen molar-refractivity contribution in [3.05, 3.63) is 70.5 Å². The maximum Gasteiger partial charge on any atom is 0.370 e. The average Bonchev–Trinajstić information content (AvgIpc) is 2.77. The number of carbonyl (C=O) groups excluding carboxylic acids is 3. The number of imide groups is 1. The van der Waals surface area contributed by atoms with Crippen molar-refractivity contribution in [2.75, 3.05) is 0 Å². The van der Waals surface area contributed by atoms with E-state index < -0.39 is 40.8 Å². The van der Waals surface area contributed by atoms with Gasteiger partial charge in [-0.15, -0.1) is 0 Å². The highest BCUT2D eigenvalue weighted by Gasteiger charge is 2.39. The minimum Gasteiger partial charge on any atom is -0.324 e. The predicted molar refractivity (Wildman–Crippen MR) is 68.7 cm³/mol. The third kappa shape index (κ3) is 2.24. The van der Waals surface area contributed by atoms with Gasteiger partial charge in [0.25, 0.3) is 11.8 Å². The predicted octanol–water partition coefficient (Wildman–Crippen LogP) is 2.47. The lowest BCUT2D eigenvalue weighted by molar-refractivity contribution is -0.0591. The largest absolute Gasteiger partial charge is 0.370 e. The molecule has 0 aliphatic carbocycles. The highest BCUT2D eigenvalue weighted by Crippen LogP contribution is 2.24. The van der Waals surface area contributed by atoms with Gasteiger partial charge < -0.3 is 4.84 Å². The number of nitrogens with zero attached hydrogens (tertiary/aromatic N) is 1. The Morgan fingerprint density at radius 2 is 1.39 bits per heavy atom. The van der Waals surface area contributed by atoms with Crippen molar-refractivity contribution in [3.8, 4) is 0 Å². The number of carbonyl (C=O) groups is 3. The monoisotopic (exact) mass is 321 g/mol. The van der Waals surface area contributed by atoms with Crippen molar-refractivity contribution in [1.29, 1.82) is 0 Å². The molecule has 0 radical (unpaired) electrons. The summed E-state index contributed by atoms with van der Waals surface area (Å²) in [6.07, 6.45) is 0. The lowest BCUT2D eigenvalue weighted by atomic mass is 10.1. The first-order valence-electron chi connectivity index (χ1n) is 6.25. The van der Waals surface area contributed by atoms with Crippen LogP contribution in [0.4, 0.5) is 13.2 Å². The van der Waals surface area contributed by atoms with E-state index in [1.165, 1.54) is 24.3 Å². The van der Waals surface area contributed by atoms with Crippen molar-refractivity contribution in [2.45, 2.75) is 0 Å². The van der Waals surface area contributed by atoms with Crippen molar-refractivity contribution < 1.29 is 32.4 Å². The summed E-state index contributed by atoms with van der Waals surface area (Å²) in [7, 11) is 0. The zero-order valence-corrected chi connectivity index (χ0v) is 11.2. The second kappa shape index (κ2) is 5.24. The Labute approximate surface area is 126 Å². The average molecular weight is 321 g/mol. The van der Waals surface area contributed by atoms with Gasteiger partial charge in [-0.2, -0.15) is 0 Å². The highest BCUT2D eigenvalue weighted by molar-refractivity contribution is 6.21. The van der Waals surface area contributed by atoms with Crippen molar-refractivity contribution in [1.82, 2.24) is 5.06 Å². The molecule has 5 nitrogen and oxygen atoms in total. The first kappa shape index (κ1) is 14.8. The van der Waals surface area contributed by atoms with Gasteiger partial charge in [0.15, 0.2) is 11.6 Å². The van der Waals surface area contributed by atoms with Crippen LogP contribution in [0.3, 0.4) is 0 Å². The number of amides is 2. The summed E-state index contributed by atoms with van der Waals surface area (Å²) in [6.45, 7) is 0. The normalized spacial score (nSPS) is 13.3. The first-order chi connectivity index (χ1) is 10.9. The number of halogens is 3. The van der Waals surface area contributed by atoms with E-state index in [2.05, 4.69) is 4.84 Å². The molecule has 0 fully saturated rings. The van der Waals surface area contributed by atoms with E-state index in [0.717, 1.165) is 0 Å². The fraction of sp³-hybridized carbons (Fsp3) is 0. The summed E-state index contributed by atoms with van der Waals surface area (Å²) in [5.41, 5.74) is -1.38. The molecule has 0 spiro atoms. The van der Waals surface area contributed by atoms with Gasteiger partial charge in [0.2, 0.25) is 0 Å². The molecule has 3 rings (SSSR count). The van der Waals surface area contributed by atoms with Crippen LogP contribution in [-0.4, -0.2) is 22.8 Å². The molecule has 0 atom stereocenters. The quantitative estimate of drug-likeness (QED) is 0.630. The smallest absolute Gasteiger partial charge is 0.324 e. The van der Waals surface area contributed by atoms with Gasteiger partial charge in [-0.3, -0.25) is 9.59 Å².